The molecule has 1 aromatic carbocycles. The Labute approximate surface area is 121 Å². The molecule has 2 bridgehead atoms. The normalized spacial score (nSPS) is 33.1. The van der Waals surface area contributed by atoms with Crippen LogP contribution in [-0.4, -0.2) is 36.7 Å². The number of ether oxygens (including phenoxy) is 1. The molecule has 0 radical (unpaired) electrons. The minimum atomic E-state index is 0.0254. The van der Waals surface area contributed by atoms with E-state index in [9.17, 15) is 4.79 Å². The Morgan fingerprint density at radius 3 is 2.80 bits per heavy atom. The quantitative estimate of drug-likeness (QED) is 0.623. The Balaban J connectivity index is 1.79. The summed E-state index contributed by atoms with van der Waals surface area (Å²) in [6, 6.07) is 11.2. The first-order chi connectivity index (χ1) is 9.66. The third kappa shape index (κ3) is 2.14. The molecule has 1 aromatic rings. The molecule has 0 aromatic heterocycles. The highest BCUT2D eigenvalue weighted by Crippen LogP contribution is 2.46. The fraction of sp³-hybridized carbons (Fsp3) is 0.588. The zero-order chi connectivity index (χ0) is 14.2. The first-order valence-corrected chi connectivity index (χ1v) is 7.73. The van der Waals surface area contributed by atoms with Gasteiger partial charge in [-0.15, -0.1) is 0 Å². The average Bonchev–Trinajstić information content (AvgIpc) is 3.07. The number of rotatable bonds is 4. The van der Waals surface area contributed by atoms with Crippen LogP contribution < -0.4 is 0 Å². The van der Waals surface area contributed by atoms with Gasteiger partial charge in [0.05, 0.1) is 26.2 Å². The standard InChI is InChI=1S/C17H24NO2/c1-3-20-17(19)16-12-18(10-9-15(16)11-18)13(2)14-7-5-4-6-8-14/h4-8,13,15-16H,3,9-12H2,1-2H3/q+1/t13?,15-,16+,18?/m0/s1. The number of carbonyl (C=O) groups excluding carboxylic acids is 1. The van der Waals surface area contributed by atoms with Crippen molar-refractivity contribution in [1.29, 1.82) is 0 Å². The highest BCUT2D eigenvalue weighted by Gasteiger charge is 2.56. The van der Waals surface area contributed by atoms with E-state index < -0.39 is 0 Å². The molecule has 20 heavy (non-hydrogen) atoms. The van der Waals surface area contributed by atoms with E-state index in [1.54, 1.807) is 0 Å². The molecule has 3 nitrogen and oxygen atoms in total. The van der Waals surface area contributed by atoms with Gasteiger partial charge in [0.15, 0.2) is 0 Å². The van der Waals surface area contributed by atoms with E-state index in [1.165, 1.54) is 18.5 Å². The van der Waals surface area contributed by atoms with Gasteiger partial charge in [-0.3, -0.25) is 4.79 Å². The predicted molar refractivity (Wildman–Crippen MR) is 77.9 cm³/mol. The van der Waals surface area contributed by atoms with E-state index in [-0.39, 0.29) is 11.9 Å². The van der Waals surface area contributed by atoms with Gasteiger partial charge in [0.2, 0.25) is 0 Å². The number of piperidine rings is 1. The molecule has 3 heteroatoms. The molecule has 2 aliphatic heterocycles. The molecule has 4 atom stereocenters. The second kappa shape index (κ2) is 5.21. The van der Waals surface area contributed by atoms with Gasteiger partial charge in [0.1, 0.15) is 12.0 Å². The number of carbonyl (C=O) groups is 1. The highest BCUT2D eigenvalue weighted by molar-refractivity contribution is 5.73. The van der Waals surface area contributed by atoms with Gasteiger partial charge >= 0.3 is 5.97 Å². The van der Waals surface area contributed by atoms with Crippen LogP contribution in [0.5, 0.6) is 0 Å². The van der Waals surface area contributed by atoms with Crippen molar-refractivity contribution < 1.29 is 14.0 Å². The summed E-state index contributed by atoms with van der Waals surface area (Å²) in [6.45, 7) is 8.00. The van der Waals surface area contributed by atoms with Crippen molar-refractivity contribution >= 4 is 5.97 Å². The zero-order valence-corrected chi connectivity index (χ0v) is 12.4. The van der Waals surface area contributed by atoms with Crippen LogP contribution >= 0.6 is 0 Å². The van der Waals surface area contributed by atoms with Gasteiger partial charge in [-0.1, -0.05) is 30.3 Å². The molecule has 0 amide bonds. The van der Waals surface area contributed by atoms with E-state index in [2.05, 4.69) is 37.3 Å². The number of nitrogens with zero attached hydrogens (tertiary/aromatic N) is 1. The minimum absolute atomic E-state index is 0.0254. The van der Waals surface area contributed by atoms with Crippen molar-refractivity contribution in [2.75, 3.05) is 26.2 Å². The number of fused-ring (bicyclic) bond motifs is 2. The third-order valence-electron chi connectivity index (χ3n) is 5.37. The Morgan fingerprint density at radius 2 is 2.10 bits per heavy atom. The Bertz CT molecular complexity index is 487. The Hall–Kier alpha value is -1.35. The van der Waals surface area contributed by atoms with E-state index in [0.29, 0.717) is 18.6 Å². The van der Waals surface area contributed by atoms with Gasteiger partial charge in [-0.25, -0.2) is 0 Å². The summed E-state index contributed by atoms with van der Waals surface area (Å²) in [6.07, 6.45) is 1.17. The van der Waals surface area contributed by atoms with Crippen LogP contribution in [0, 0.1) is 11.8 Å². The molecule has 3 rings (SSSR count). The minimum Gasteiger partial charge on any atom is -0.466 e. The number of hydrogen-bond acceptors (Lipinski definition) is 2. The molecule has 108 valence electrons. The number of benzene rings is 1. The van der Waals surface area contributed by atoms with Crippen molar-refractivity contribution in [1.82, 2.24) is 0 Å². The van der Waals surface area contributed by atoms with Gasteiger partial charge in [0.25, 0.3) is 0 Å². The van der Waals surface area contributed by atoms with Crippen molar-refractivity contribution in [3.63, 3.8) is 0 Å². The molecule has 0 aliphatic carbocycles. The average molecular weight is 274 g/mol. The van der Waals surface area contributed by atoms with Crippen LogP contribution in [0.3, 0.4) is 0 Å². The first kappa shape index (κ1) is 13.6. The topological polar surface area (TPSA) is 26.3 Å². The molecule has 2 fully saturated rings. The van der Waals surface area contributed by atoms with Gasteiger partial charge in [0, 0.05) is 17.9 Å². The number of hydrogen-bond donors (Lipinski definition) is 0. The maximum absolute atomic E-state index is 12.1. The second-order valence-electron chi connectivity index (χ2n) is 6.30. The molecule has 2 saturated heterocycles. The van der Waals surface area contributed by atoms with Crippen LogP contribution in [0.1, 0.15) is 31.9 Å². The lowest BCUT2D eigenvalue weighted by Gasteiger charge is -2.39. The maximum Gasteiger partial charge on any atom is 0.315 e. The molecular weight excluding hydrogens is 250 g/mol. The van der Waals surface area contributed by atoms with Crippen LogP contribution in [0.15, 0.2) is 30.3 Å². The lowest BCUT2D eigenvalue weighted by molar-refractivity contribution is -0.938. The molecule has 0 spiro atoms. The van der Waals surface area contributed by atoms with Gasteiger partial charge in [-0.05, 0) is 13.8 Å². The van der Waals surface area contributed by atoms with Crippen molar-refractivity contribution in [3.05, 3.63) is 35.9 Å². The molecular formula is C17H24NO2+. The van der Waals surface area contributed by atoms with E-state index in [1.807, 2.05) is 6.92 Å². The molecule has 2 aliphatic rings. The second-order valence-corrected chi connectivity index (χ2v) is 6.30. The van der Waals surface area contributed by atoms with Crippen molar-refractivity contribution in [3.8, 4) is 0 Å². The molecule has 0 N–H and O–H groups in total. The summed E-state index contributed by atoms with van der Waals surface area (Å²) >= 11 is 0. The van der Waals surface area contributed by atoms with E-state index in [0.717, 1.165) is 17.6 Å². The summed E-state index contributed by atoms with van der Waals surface area (Å²) < 4.78 is 6.33. The van der Waals surface area contributed by atoms with E-state index >= 15 is 0 Å². The lowest BCUT2D eigenvalue weighted by atomic mass is 9.92. The van der Waals surface area contributed by atoms with Crippen LogP contribution in [0.2, 0.25) is 0 Å². The monoisotopic (exact) mass is 274 g/mol. The van der Waals surface area contributed by atoms with Crippen LogP contribution in [0.25, 0.3) is 0 Å². The summed E-state index contributed by atoms with van der Waals surface area (Å²) in [5, 5.41) is 0. The van der Waals surface area contributed by atoms with Gasteiger partial charge < -0.3 is 9.22 Å². The lowest BCUT2D eigenvalue weighted by Crippen LogP contribution is -2.48. The van der Waals surface area contributed by atoms with Crippen molar-refractivity contribution in [2.24, 2.45) is 11.8 Å². The SMILES string of the molecule is CCOC(=O)[C@@H]1C[N+]2(C(C)c3ccccc3)CC[C@H]1C2. The summed E-state index contributed by atoms with van der Waals surface area (Å²) in [5.74, 6) is 0.674. The summed E-state index contributed by atoms with van der Waals surface area (Å²) in [4.78, 5) is 12.1. The Kier molecular flexibility index (Phi) is 3.55. The fourth-order valence-corrected chi connectivity index (χ4v) is 4.18. The number of esters is 1. The van der Waals surface area contributed by atoms with E-state index in [4.69, 9.17) is 4.74 Å². The molecule has 0 saturated carbocycles. The first-order valence-electron chi connectivity index (χ1n) is 7.73. The maximum atomic E-state index is 12.1. The summed E-state index contributed by atoms with van der Waals surface area (Å²) in [5.41, 5.74) is 1.39. The smallest absolute Gasteiger partial charge is 0.315 e. The third-order valence-corrected chi connectivity index (χ3v) is 5.37. The largest absolute Gasteiger partial charge is 0.466 e. The summed E-state index contributed by atoms with van der Waals surface area (Å²) in [7, 11) is 0. The van der Waals surface area contributed by atoms with Crippen LogP contribution in [0.4, 0.5) is 0 Å². The van der Waals surface area contributed by atoms with Crippen LogP contribution in [-0.2, 0) is 9.53 Å². The molecule has 2 heterocycles. The van der Waals surface area contributed by atoms with Crippen molar-refractivity contribution in [2.45, 2.75) is 26.3 Å². The molecule has 2 unspecified atom stereocenters. The zero-order valence-electron chi connectivity index (χ0n) is 12.4. The highest BCUT2D eigenvalue weighted by atomic mass is 16.5. The Morgan fingerprint density at radius 1 is 1.35 bits per heavy atom. The number of quaternary nitrogens is 1. The van der Waals surface area contributed by atoms with Gasteiger partial charge in [-0.2, -0.15) is 0 Å². The predicted octanol–water partition coefficient (Wildman–Crippen LogP) is 2.78. The fourth-order valence-electron chi connectivity index (χ4n) is 4.18.